The van der Waals surface area contributed by atoms with Crippen LogP contribution in [0.5, 0.6) is 0 Å². The van der Waals surface area contributed by atoms with Gasteiger partial charge in [-0.25, -0.2) is 13.2 Å². The first-order chi connectivity index (χ1) is 15.1. The lowest BCUT2D eigenvalue weighted by atomic mass is 9.90. The van der Waals surface area contributed by atoms with Crippen LogP contribution in [0.15, 0.2) is 36.4 Å². The average molecular weight is 458 g/mol. The Morgan fingerprint density at radius 3 is 2.53 bits per heavy atom. The van der Waals surface area contributed by atoms with E-state index in [4.69, 9.17) is 5.73 Å². The van der Waals surface area contributed by atoms with Crippen LogP contribution in [0.2, 0.25) is 0 Å². The number of amides is 2. The van der Waals surface area contributed by atoms with Gasteiger partial charge in [0.1, 0.15) is 5.52 Å². The first-order valence-corrected chi connectivity index (χ1v) is 11.9. The fraction of sp³-hybridized carbons (Fsp3) is 0.286. The Morgan fingerprint density at radius 1 is 1.19 bits per heavy atom. The second-order valence-electron chi connectivity index (χ2n) is 7.92. The Kier molecular flexibility index (Phi) is 5.51. The molecule has 11 heteroatoms. The van der Waals surface area contributed by atoms with Crippen molar-refractivity contribution in [1.29, 1.82) is 0 Å². The number of sulfonamides is 1. The van der Waals surface area contributed by atoms with Crippen molar-refractivity contribution >= 4 is 38.6 Å². The summed E-state index contributed by atoms with van der Waals surface area (Å²) in [4.78, 5) is 24.8. The second-order valence-corrected chi connectivity index (χ2v) is 9.67. The number of nitrogens with two attached hydrogens (primary N) is 1. The number of primary amides is 1. The zero-order valence-corrected chi connectivity index (χ0v) is 18.1. The zero-order valence-electron chi connectivity index (χ0n) is 17.3. The van der Waals surface area contributed by atoms with Crippen LogP contribution < -0.4 is 10.5 Å². The number of hydrogen-bond acceptors (Lipinski definition) is 5. The Bertz CT molecular complexity index is 1310. The van der Waals surface area contributed by atoms with Gasteiger partial charge in [-0.05, 0) is 48.2 Å². The molecule has 0 bridgehead atoms. The summed E-state index contributed by atoms with van der Waals surface area (Å²) in [5.41, 5.74) is 8.97. The van der Waals surface area contributed by atoms with Crippen LogP contribution in [-0.4, -0.2) is 60.0 Å². The van der Waals surface area contributed by atoms with Gasteiger partial charge in [0.05, 0.1) is 11.8 Å². The topological polar surface area (TPSA) is 158 Å². The van der Waals surface area contributed by atoms with Crippen LogP contribution in [0, 0.1) is 0 Å². The molecule has 0 saturated carbocycles. The standard InChI is InChI=1S/C21H23N5O5S/c1-32(30,31)25-15-4-2-3-13(9-15)14-10-16-18(12-5-7-26(8-6-12)21(28)29)23-24-19(16)17(11-14)20(22)27/h2-4,9-12,25H,5-8H2,1H3,(H2,22,27)(H,23,24)(H,28,29). The van der Waals surface area contributed by atoms with E-state index >= 15 is 0 Å². The zero-order chi connectivity index (χ0) is 23.0. The van der Waals surface area contributed by atoms with Crippen LogP contribution in [-0.2, 0) is 10.0 Å². The molecule has 5 N–H and O–H groups in total. The monoisotopic (exact) mass is 457 g/mol. The number of carbonyl (C=O) groups excluding carboxylic acids is 1. The van der Waals surface area contributed by atoms with Gasteiger partial charge in [0.15, 0.2) is 0 Å². The molecule has 1 aromatic heterocycles. The number of rotatable bonds is 5. The van der Waals surface area contributed by atoms with Crippen molar-refractivity contribution in [1.82, 2.24) is 15.1 Å². The number of aromatic amines is 1. The van der Waals surface area contributed by atoms with Crippen molar-refractivity contribution in [3.05, 3.63) is 47.7 Å². The predicted octanol–water partition coefficient (Wildman–Crippen LogP) is 2.56. The number of benzene rings is 2. The minimum Gasteiger partial charge on any atom is -0.465 e. The van der Waals surface area contributed by atoms with Crippen LogP contribution >= 0.6 is 0 Å². The number of anilines is 1. The Hall–Kier alpha value is -3.60. The molecule has 2 aromatic carbocycles. The largest absolute Gasteiger partial charge is 0.465 e. The van der Waals surface area contributed by atoms with Crippen molar-refractivity contribution in [3.63, 3.8) is 0 Å². The van der Waals surface area contributed by atoms with Crippen molar-refractivity contribution in [3.8, 4) is 11.1 Å². The molecule has 1 fully saturated rings. The maximum Gasteiger partial charge on any atom is 0.407 e. The number of fused-ring (bicyclic) bond motifs is 1. The van der Waals surface area contributed by atoms with Gasteiger partial charge in [0.2, 0.25) is 10.0 Å². The van der Waals surface area contributed by atoms with Gasteiger partial charge < -0.3 is 15.7 Å². The van der Waals surface area contributed by atoms with E-state index in [1.165, 1.54) is 4.90 Å². The minimum absolute atomic E-state index is 0.0600. The maximum absolute atomic E-state index is 12.2. The van der Waals surface area contributed by atoms with Gasteiger partial charge in [0.25, 0.3) is 5.91 Å². The lowest BCUT2D eigenvalue weighted by molar-refractivity contribution is 0.100. The van der Waals surface area contributed by atoms with Gasteiger partial charge in [-0.15, -0.1) is 0 Å². The van der Waals surface area contributed by atoms with Crippen molar-refractivity contribution < 1.29 is 23.1 Å². The Labute approximate surface area is 184 Å². The fourth-order valence-corrected chi connectivity index (χ4v) is 4.69. The summed E-state index contributed by atoms with van der Waals surface area (Å²) < 4.78 is 25.6. The summed E-state index contributed by atoms with van der Waals surface area (Å²) >= 11 is 0. The molecule has 1 saturated heterocycles. The van der Waals surface area contributed by atoms with Gasteiger partial charge in [0, 0.05) is 35.8 Å². The van der Waals surface area contributed by atoms with E-state index < -0.39 is 22.0 Å². The highest BCUT2D eigenvalue weighted by Crippen LogP contribution is 2.35. The number of likely N-dealkylation sites (tertiary alicyclic amines) is 1. The third-order valence-electron chi connectivity index (χ3n) is 5.63. The van der Waals surface area contributed by atoms with Gasteiger partial charge in [-0.2, -0.15) is 5.10 Å². The normalized spacial score (nSPS) is 15.1. The SMILES string of the molecule is CS(=O)(=O)Nc1cccc(-c2cc(C(N)=O)c3n[nH]c(C4CCN(C(=O)O)CC4)c3c2)c1. The second kappa shape index (κ2) is 8.15. The number of H-pyrrole nitrogens is 1. The van der Waals surface area contributed by atoms with Crippen LogP contribution in [0.4, 0.5) is 10.5 Å². The Balaban J connectivity index is 1.77. The van der Waals surface area contributed by atoms with Crippen LogP contribution in [0.25, 0.3) is 22.0 Å². The molecule has 3 aromatic rings. The molecule has 32 heavy (non-hydrogen) atoms. The number of aromatic nitrogens is 2. The molecule has 0 aliphatic carbocycles. The van der Waals surface area contributed by atoms with E-state index in [-0.39, 0.29) is 11.5 Å². The summed E-state index contributed by atoms with van der Waals surface area (Å²) in [6.07, 6.45) is 1.41. The molecule has 168 valence electrons. The number of carboxylic acid groups (broad SMARTS) is 1. The molecule has 2 heterocycles. The molecular weight excluding hydrogens is 434 g/mol. The summed E-state index contributed by atoms with van der Waals surface area (Å²) in [6.45, 7) is 0.837. The summed E-state index contributed by atoms with van der Waals surface area (Å²) in [5.74, 6) is -0.564. The lowest BCUT2D eigenvalue weighted by Crippen LogP contribution is -2.36. The summed E-state index contributed by atoms with van der Waals surface area (Å²) in [7, 11) is -3.44. The minimum atomic E-state index is -3.44. The molecular formula is C21H23N5O5S. The van der Waals surface area contributed by atoms with Crippen molar-refractivity contribution in [2.75, 3.05) is 24.1 Å². The third-order valence-corrected chi connectivity index (χ3v) is 6.23. The molecule has 10 nitrogen and oxygen atoms in total. The number of nitrogens with zero attached hydrogens (tertiary/aromatic N) is 2. The van der Waals surface area contributed by atoms with Crippen LogP contribution in [0.3, 0.4) is 0 Å². The molecule has 0 spiro atoms. The van der Waals surface area contributed by atoms with Crippen LogP contribution in [0.1, 0.15) is 34.8 Å². The number of piperidine rings is 1. The highest BCUT2D eigenvalue weighted by molar-refractivity contribution is 7.92. The predicted molar refractivity (Wildman–Crippen MR) is 120 cm³/mol. The maximum atomic E-state index is 12.2. The van der Waals surface area contributed by atoms with Gasteiger partial charge >= 0.3 is 6.09 Å². The molecule has 0 atom stereocenters. The molecule has 4 rings (SSSR count). The first kappa shape index (κ1) is 21.6. The van der Waals surface area contributed by atoms with E-state index in [1.807, 2.05) is 12.1 Å². The Morgan fingerprint density at radius 2 is 1.91 bits per heavy atom. The van der Waals surface area contributed by atoms with Crippen molar-refractivity contribution in [2.45, 2.75) is 18.8 Å². The molecule has 1 aliphatic rings. The average Bonchev–Trinajstić information content (AvgIpc) is 3.16. The van der Waals surface area contributed by atoms with E-state index in [1.54, 1.807) is 24.3 Å². The molecule has 2 amide bonds. The molecule has 0 radical (unpaired) electrons. The smallest absolute Gasteiger partial charge is 0.407 e. The van der Waals surface area contributed by atoms with Gasteiger partial charge in [-0.3, -0.25) is 14.6 Å². The fourth-order valence-electron chi connectivity index (χ4n) is 4.14. The van der Waals surface area contributed by atoms with E-state index in [2.05, 4.69) is 14.9 Å². The summed E-state index contributed by atoms with van der Waals surface area (Å²) in [6, 6.07) is 10.4. The van der Waals surface area contributed by atoms with Crippen molar-refractivity contribution in [2.24, 2.45) is 5.73 Å². The first-order valence-electron chi connectivity index (χ1n) is 10.0. The highest BCUT2D eigenvalue weighted by atomic mass is 32.2. The number of nitrogens with one attached hydrogen (secondary N) is 2. The lowest BCUT2D eigenvalue weighted by Gasteiger charge is -2.29. The number of hydrogen-bond donors (Lipinski definition) is 4. The van der Waals surface area contributed by atoms with E-state index in [0.29, 0.717) is 48.3 Å². The molecule has 1 aliphatic heterocycles. The van der Waals surface area contributed by atoms with Gasteiger partial charge in [-0.1, -0.05) is 12.1 Å². The number of carbonyl (C=O) groups is 2. The van der Waals surface area contributed by atoms with E-state index in [0.717, 1.165) is 17.3 Å². The third kappa shape index (κ3) is 4.37. The summed E-state index contributed by atoms with van der Waals surface area (Å²) in [5, 5.41) is 17.3. The highest BCUT2D eigenvalue weighted by Gasteiger charge is 2.27. The quantitative estimate of drug-likeness (QED) is 0.461. The van der Waals surface area contributed by atoms with E-state index in [9.17, 15) is 23.1 Å². The molecule has 0 unspecified atom stereocenters.